The molecule has 66 valence electrons. The summed E-state index contributed by atoms with van der Waals surface area (Å²) in [6.45, 7) is 2.69. The SMILES string of the molecule is CCNc1nc(Cl)c(Cl)cc1Cl. The molecule has 0 aliphatic carbocycles. The van der Waals surface area contributed by atoms with Crippen molar-refractivity contribution in [1.29, 1.82) is 0 Å². The molecule has 5 heteroatoms. The number of anilines is 1. The van der Waals surface area contributed by atoms with Crippen molar-refractivity contribution < 1.29 is 0 Å². The maximum Gasteiger partial charge on any atom is 0.150 e. The molecule has 1 N–H and O–H groups in total. The van der Waals surface area contributed by atoms with Gasteiger partial charge in [-0.25, -0.2) is 4.98 Å². The molecule has 0 fully saturated rings. The summed E-state index contributed by atoms with van der Waals surface area (Å²) < 4.78 is 0. The summed E-state index contributed by atoms with van der Waals surface area (Å²) in [4.78, 5) is 3.95. The lowest BCUT2D eigenvalue weighted by Gasteiger charge is -2.05. The summed E-state index contributed by atoms with van der Waals surface area (Å²) >= 11 is 17.2. The van der Waals surface area contributed by atoms with Gasteiger partial charge in [0.25, 0.3) is 0 Å². The Morgan fingerprint density at radius 1 is 1.33 bits per heavy atom. The molecule has 1 rings (SSSR count). The van der Waals surface area contributed by atoms with Crippen molar-refractivity contribution in [2.24, 2.45) is 0 Å². The summed E-state index contributed by atoms with van der Waals surface area (Å²) in [6.07, 6.45) is 0. The molecule has 0 spiro atoms. The molecule has 1 aromatic heterocycles. The van der Waals surface area contributed by atoms with E-state index in [2.05, 4.69) is 10.3 Å². The van der Waals surface area contributed by atoms with Gasteiger partial charge in [-0.2, -0.15) is 0 Å². The normalized spacial score (nSPS) is 10.0. The van der Waals surface area contributed by atoms with Crippen molar-refractivity contribution in [2.75, 3.05) is 11.9 Å². The first kappa shape index (κ1) is 9.90. The molecular formula is C7H7Cl3N2. The van der Waals surface area contributed by atoms with Crippen LogP contribution in [0.5, 0.6) is 0 Å². The minimum atomic E-state index is 0.261. The lowest BCUT2D eigenvalue weighted by molar-refractivity contribution is 1.16. The van der Waals surface area contributed by atoms with Crippen LogP contribution < -0.4 is 5.32 Å². The van der Waals surface area contributed by atoms with Crippen LogP contribution in [0.2, 0.25) is 15.2 Å². The molecule has 0 atom stereocenters. The second-order valence-electron chi connectivity index (χ2n) is 2.12. The average Bonchev–Trinajstić information content (AvgIpc) is 2.01. The van der Waals surface area contributed by atoms with E-state index in [0.29, 0.717) is 15.9 Å². The molecule has 0 aromatic carbocycles. The van der Waals surface area contributed by atoms with E-state index in [1.165, 1.54) is 0 Å². The van der Waals surface area contributed by atoms with Crippen LogP contribution in [0.25, 0.3) is 0 Å². The molecule has 0 saturated carbocycles. The average molecular weight is 226 g/mol. The largest absolute Gasteiger partial charge is 0.369 e. The van der Waals surface area contributed by atoms with Crippen LogP contribution in [-0.4, -0.2) is 11.5 Å². The molecule has 1 heterocycles. The van der Waals surface area contributed by atoms with Crippen molar-refractivity contribution in [3.05, 3.63) is 21.3 Å². The fraction of sp³-hybridized carbons (Fsp3) is 0.286. The Bertz CT molecular complexity index is 288. The van der Waals surface area contributed by atoms with Gasteiger partial charge in [0, 0.05) is 6.54 Å². The lowest BCUT2D eigenvalue weighted by Crippen LogP contribution is -2.00. The van der Waals surface area contributed by atoms with Crippen LogP contribution in [0.1, 0.15) is 6.92 Å². The van der Waals surface area contributed by atoms with E-state index >= 15 is 0 Å². The van der Waals surface area contributed by atoms with Crippen molar-refractivity contribution in [3.63, 3.8) is 0 Å². The van der Waals surface area contributed by atoms with Gasteiger partial charge in [-0.1, -0.05) is 34.8 Å². The minimum Gasteiger partial charge on any atom is -0.369 e. The molecular weight excluding hydrogens is 218 g/mol. The smallest absolute Gasteiger partial charge is 0.150 e. The van der Waals surface area contributed by atoms with Crippen LogP contribution in [0.3, 0.4) is 0 Å². The summed E-state index contributed by atoms with van der Waals surface area (Å²) in [5.41, 5.74) is 0. The highest BCUT2D eigenvalue weighted by molar-refractivity contribution is 6.42. The Kier molecular flexibility index (Phi) is 3.44. The fourth-order valence-corrected chi connectivity index (χ4v) is 1.30. The Hall–Kier alpha value is -0.180. The maximum atomic E-state index is 5.81. The van der Waals surface area contributed by atoms with Gasteiger partial charge in [-0.3, -0.25) is 0 Å². The molecule has 0 aliphatic rings. The summed E-state index contributed by atoms with van der Waals surface area (Å²) in [6, 6.07) is 1.57. The number of aromatic nitrogens is 1. The van der Waals surface area contributed by atoms with Crippen molar-refractivity contribution in [1.82, 2.24) is 4.98 Å². The van der Waals surface area contributed by atoms with E-state index in [1.54, 1.807) is 6.07 Å². The molecule has 1 aromatic rings. The summed E-state index contributed by atoms with van der Waals surface area (Å²) in [7, 11) is 0. The van der Waals surface area contributed by atoms with Gasteiger partial charge in [0.1, 0.15) is 11.0 Å². The van der Waals surface area contributed by atoms with Gasteiger partial charge < -0.3 is 5.32 Å². The fourth-order valence-electron chi connectivity index (χ4n) is 0.736. The standard InChI is InChI=1S/C7H7Cl3N2/c1-2-11-7-5(9)3-4(8)6(10)12-7/h3H,2H2,1H3,(H,11,12). The second kappa shape index (κ2) is 4.17. The first-order valence-electron chi connectivity index (χ1n) is 3.40. The van der Waals surface area contributed by atoms with Gasteiger partial charge >= 0.3 is 0 Å². The number of hydrogen-bond donors (Lipinski definition) is 1. The Balaban J connectivity index is 3.05. The van der Waals surface area contributed by atoms with E-state index in [0.717, 1.165) is 6.54 Å². The summed E-state index contributed by atoms with van der Waals surface area (Å²) in [5, 5.41) is 4.06. The molecule has 0 radical (unpaired) electrons. The Morgan fingerprint density at radius 2 is 2.00 bits per heavy atom. The van der Waals surface area contributed by atoms with Crippen molar-refractivity contribution in [2.45, 2.75) is 6.92 Å². The van der Waals surface area contributed by atoms with Crippen LogP contribution in [0.4, 0.5) is 5.82 Å². The topological polar surface area (TPSA) is 24.9 Å². The predicted octanol–water partition coefficient (Wildman–Crippen LogP) is 3.47. The molecule has 0 amide bonds. The van der Waals surface area contributed by atoms with E-state index in [9.17, 15) is 0 Å². The Morgan fingerprint density at radius 3 is 2.58 bits per heavy atom. The molecule has 0 saturated heterocycles. The van der Waals surface area contributed by atoms with Crippen molar-refractivity contribution in [3.8, 4) is 0 Å². The minimum absolute atomic E-state index is 0.261. The third-order valence-corrected chi connectivity index (χ3v) is 2.19. The second-order valence-corrected chi connectivity index (χ2v) is 3.29. The van der Waals surface area contributed by atoms with Crippen LogP contribution in [0.15, 0.2) is 6.07 Å². The van der Waals surface area contributed by atoms with Gasteiger partial charge in [0.05, 0.1) is 10.0 Å². The third-order valence-electron chi connectivity index (χ3n) is 1.23. The predicted molar refractivity (Wildman–Crippen MR) is 53.4 cm³/mol. The third kappa shape index (κ3) is 2.16. The van der Waals surface area contributed by atoms with Gasteiger partial charge in [-0.05, 0) is 13.0 Å². The van der Waals surface area contributed by atoms with E-state index in [4.69, 9.17) is 34.8 Å². The summed E-state index contributed by atoms with van der Waals surface area (Å²) in [5.74, 6) is 0.563. The van der Waals surface area contributed by atoms with Gasteiger partial charge in [-0.15, -0.1) is 0 Å². The highest BCUT2D eigenvalue weighted by Gasteiger charge is 2.05. The van der Waals surface area contributed by atoms with Crippen LogP contribution in [-0.2, 0) is 0 Å². The monoisotopic (exact) mass is 224 g/mol. The van der Waals surface area contributed by atoms with Gasteiger partial charge in [0.2, 0.25) is 0 Å². The quantitative estimate of drug-likeness (QED) is 0.780. The zero-order valence-corrected chi connectivity index (χ0v) is 8.63. The number of hydrogen-bond acceptors (Lipinski definition) is 2. The molecule has 0 aliphatic heterocycles. The number of rotatable bonds is 2. The van der Waals surface area contributed by atoms with Crippen LogP contribution >= 0.6 is 34.8 Å². The van der Waals surface area contributed by atoms with Crippen LogP contribution in [0, 0.1) is 0 Å². The number of nitrogens with one attached hydrogen (secondary N) is 1. The highest BCUT2D eigenvalue weighted by atomic mass is 35.5. The molecule has 0 unspecified atom stereocenters. The van der Waals surface area contributed by atoms with E-state index in [-0.39, 0.29) is 5.15 Å². The first-order chi connectivity index (χ1) is 5.65. The Labute approximate surface area is 85.8 Å². The molecule has 12 heavy (non-hydrogen) atoms. The lowest BCUT2D eigenvalue weighted by atomic mass is 10.4. The van der Waals surface area contributed by atoms with E-state index in [1.807, 2.05) is 6.92 Å². The zero-order valence-electron chi connectivity index (χ0n) is 6.37. The highest BCUT2D eigenvalue weighted by Crippen LogP contribution is 2.28. The first-order valence-corrected chi connectivity index (χ1v) is 4.54. The van der Waals surface area contributed by atoms with Gasteiger partial charge in [0.15, 0.2) is 0 Å². The van der Waals surface area contributed by atoms with Crippen molar-refractivity contribution >= 4 is 40.6 Å². The number of halogens is 3. The molecule has 0 bridgehead atoms. The number of pyridine rings is 1. The zero-order chi connectivity index (χ0) is 9.14. The number of nitrogens with zero attached hydrogens (tertiary/aromatic N) is 1. The maximum absolute atomic E-state index is 5.81. The van der Waals surface area contributed by atoms with E-state index < -0.39 is 0 Å². The molecule has 2 nitrogen and oxygen atoms in total.